The Labute approximate surface area is 84.1 Å². The van der Waals surface area contributed by atoms with Crippen LogP contribution >= 0.6 is 15.9 Å². The molecule has 0 unspecified atom stereocenters. The van der Waals surface area contributed by atoms with Crippen LogP contribution in [0.3, 0.4) is 0 Å². The Morgan fingerprint density at radius 3 is 2.77 bits per heavy atom. The average Bonchev–Trinajstić information content (AvgIpc) is 2.10. The summed E-state index contributed by atoms with van der Waals surface area (Å²) in [5.41, 5.74) is 6.11. The fourth-order valence-electron chi connectivity index (χ4n) is 0.994. The van der Waals surface area contributed by atoms with Gasteiger partial charge >= 0.3 is 0 Å². The topological polar surface area (TPSA) is 43.1 Å². The summed E-state index contributed by atoms with van der Waals surface area (Å²) in [6, 6.07) is 2.56. The van der Waals surface area contributed by atoms with E-state index in [1.54, 1.807) is 6.92 Å². The van der Waals surface area contributed by atoms with Gasteiger partial charge in [0.25, 0.3) is 0 Å². The molecule has 0 heterocycles. The molecule has 0 aliphatic rings. The molecule has 1 aromatic rings. The third-order valence-corrected chi connectivity index (χ3v) is 2.32. The molecule has 2 nitrogen and oxygen atoms in total. The highest BCUT2D eigenvalue weighted by Gasteiger charge is 2.11. The number of Topliss-reactive ketones (excluding diaryl/α,β-unsaturated/α-hetero) is 1. The van der Waals surface area contributed by atoms with Crippen molar-refractivity contribution in [3.05, 3.63) is 28.0 Å². The fourth-order valence-corrected chi connectivity index (χ4v) is 1.36. The predicted octanol–water partition coefficient (Wildman–Crippen LogP) is 2.76. The molecular formula is C9H9BrFNO. The highest BCUT2D eigenvalue weighted by atomic mass is 79.9. The molecule has 0 aromatic heterocycles. The molecule has 0 fully saturated rings. The summed E-state index contributed by atoms with van der Waals surface area (Å²) in [5, 5.41) is 0. The van der Waals surface area contributed by atoms with Crippen molar-refractivity contribution in [3.63, 3.8) is 0 Å². The van der Waals surface area contributed by atoms with Crippen molar-refractivity contribution in [2.75, 3.05) is 5.73 Å². The van der Waals surface area contributed by atoms with Gasteiger partial charge in [-0.25, -0.2) is 4.39 Å². The second kappa shape index (κ2) is 3.87. The number of anilines is 1. The van der Waals surface area contributed by atoms with Crippen molar-refractivity contribution in [2.45, 2.75) is 13.3 Å². The SMILES string of the molecule is CCC(=O)c1cc(F)c(Br)cc1N. The molecule has 2 N–H and O–H groups in total. The number of ketones is 1. The van der Waals surface area contributed by atoms with Gasteiger partial charge in [-0.15, -0.1) is 0 Å². The van der Waals surface area contributed by atoms with Crippen molar-refractivity contribution in [1.29, 1.82) is 0 Å². The van der Waals surface area contributed by atoms with Gasteiger partial charge < -0.3 is 5.73 Å². The molecule has 0 spiro atoms. The van der Waals surface area contributed by atoms with E-state index < -0.39 is 5.82 Å². The number of carbonyl (C=O) groups excluding carboxylic acids is 1. The van der Waals surface area contributed by atoms with Crippen molar-refractivity contribution < 1.29 is 9.18 Å². The number of halogens is 2. The quantitative estimate of drug-likeness (QED) is 0.644. The van der Waals surface area contributed by atoms with Crippen LogP contribution in [-0.4, -0.2) is 5.78 Å². The van der Waals surface area contributed by atoms with E-state index in [1.165, 1.54) is 6.07 Å². The lowest BCUT2D eigenvalue weighted by Gasteiger charge is -2.04. The Kier molecular flexibility index (Phi) is 3.03. The summed E-state index contributed by atoms with van der Waals surface area (Å²) in [4.78, 5) is 11.2. The number of benzene rings is 1. The van der Waals surface area contributed by atoms with Gasteiger partial charge in [-0.3, -0.25) is 4.79 Å². The lowest BCUT2D eigenvalue weighted by molar-refractivity contribution is 0.0988. The first kappa shape index (κ1) is 10.2. The van der Waals surface area contributed by atoms with Crippen LogP contribution in [0.4, 0.5) is 10.1 Å². The van der Waals surface area contributed by atoms with Crippen LogP contribution < -0.4 is 5.73 Å². The number of hydrogen-bond donors (Lipinski definition) is 1. The first-order chi connectivity index (χ1) is 6.06. The van der Waals surface area contributed by atoms with Gasteiger partial charge in [0, 0.05) is 17.7 Å². The molecule has 4 heteroatoms. The summed E-state index contributed by atoms with van der Waals surface area (Å²) in [6.07, 6.45) is 0.325. The Balaban J connectivity index is 3.23. The molecule has 70 valence electrons. The van der Waals surface area contributed by atoms with E-state index in [-0.39, 0.29) is 15.8 Å². The maximum Gasteiger partial charge on any atom is 0.164 e. The molecular weight excluding hydrogens is 237 g/mol. The monoisotopic (exact) mass is 245 g/mol. The zero-order valence-corrected chi connectivity index (χ0v) is 8.69. The van der Waals surface area contributed by atoms with Crippen molar-refractivity contribution >= 4 is 27.4 Å². The zero-order valence-electron chi connectivity index (χ0n) is 7.10. The summed E-state index contributed by atoms with van der Waals surface area (Å²) in [7, 11) is 0. The molecule has 1 aromatic carbocycles. The molecule has 0 saturated heterocycles. The molecule has 0 radical (unpaired) electrons. The highest BCUT2D eigenvalue weighted by Crippen LogP contribution is 2.23. The molecule has 0 aliphatic carbocycles. The third-order valence-electron chi connectivity index (χ3n) is 1.71. The van der Waals surface area contributed by atoms with Crippen LogP contribution in [0.1, 0.15) is 23.7 Å². The predicted molar refractivity (Wildman–Crippen MR) is 53.1 cm³/mol. The lowest BCUT2D eigenvalue weighted by atomic mass is 10.1. The second-order valence-electron chi connectivity index (χ2n) is 2.63. The number of rotatable bonds is 2. The third kappa shape index (κ3) is 2.06. The fraction of sp³-hybridized carbons (Fsp3) is 0.222. The number of nitrogens with two attached hydrogens (primary N) is 1. The molecule has 0 bridgehead atoms. The molecule has 0 saturated carbocycles. The van der Waals surface area contributed by atoms with Gasteiger partial charge in [-0.05, 0) is 28.1 Å². The minimum Gasteiger partial charge on any atom is -0.398 e. The maximum atomic E-state index is 13.0. The standard InChI is InChI=1S/C9H9BrFNO/c1-2-9(13)5-3-7(11)6(10)4-8(5)12/h3-4H,2,12H2,1H3. The summed E-state index contributed by atoms with van der Waals surface area (Å²) >= 11 is 2.98. The Bertz CT molecular complexity index is 352. The van der Waals surface area contributed by atoms with Gasteiger partial charge in [0.05, 0.1) is 4.47 Å². The van der Waals surface area contributed by atoms with E-state index in [1.807, 2.05) is 0 Å². The zero-order chi connectivity index (χ0) is 10.0. The van der Waals surface area contributed by atoms with Crippen molar-refractivity contribution in [1.82, 2.24) is 0 Å². The minimum atomic E-state index is -0.467. The number of carbonyl (C=O) groups is 1. The van der Waals surface area contributed by atoms with Crippen LogP contribution in [0.2, 0.25) is 0 Å². The van der Waals surface area contributed by atoms with E-state index in [0.29, 0.717) is 12.1 Å². The number of hydrogen-bond acceptors (Lipinski definition) is 2. The van der Waals surface area contributed by atoms with Gasteiger partial charge in [-0.2, -0.15) is 0 Å². The van der Waals surface area contributed by atoms with E-state index in [4.69, 9.17) is 5.73 Å². The Morgan fingerprint density at radius 1 is 1.62 bits per heavy atom. The normalized spacial score (nSPS) is 10.1. The van der Waals surface area contributed by atoms with E-state index in [9.17, 15) is 9.18 Å². The van der Waals surface area contributed by atoms with Gasteiger partial charge in [-0.1, -0.05) is 6.92 Å². The van der Waals surface area contributed by atoms with Gasteiger partial charge in [0.2, 0.25) is 0 Å². The first-order valence-electron chi connectivity index (χ1n) is 3.84. The molecule has 0 amide bonds. The summed E-state index contributed by atoms with van der Waals surface area (Å²) in [5.74, 6) is -0.616. The first-order valence-corrected chi connectivity index (χ1v) is 4.63. The smallest absolute Gasteiger partial charge is 0.164 e. The molecule has 13 heavy (non-hydrogen) atoms. The lowest BCUT2D eigenvalue weighted by Crippen LogP contribution is -2.03. The Hall–Kier alpha value is -0.900. The summed E-state index contributed by atoms with van der Waals surface area (Å²) < 4.78 is 13.3. The highest BCUT2D eigenvalue weighted by molar-refractivity contribution is 9.10. The minimum absolute atomic E-state index is 0.149. The van der Waals surface area contributed by atoms with Crippen molar-refractivity contribution in [2.24, 2.45) is 0 Å². The Morgan fingerprint density at radius 2 is 2.23 bits per heavy atom. The van der Waals surface area contributed by atoms with Crippen LogP contribution in [0.25, 0.3) is 0 Å². The average molecular weight is 246 g/mol. The largest absolute Gasteiger partial charge is 0.398 e. The number of nitrogen functional groups attached to an aromatic ring is 1. The van der Waals surface area contributed by atoms with Crippen LogP contribution in [0.15, 0.2) is 16.6 Å². The summed E-state index contributed by atoms with van der Waals surface area (Å²) in [6.45, 7) is 1.71. The second-order valence-corrected chi connectivity index (χ2v) is 3.48. The van der Waals surface area contributed by atoms with Crippen LogP contribution in [-0.2, 0) is 0 Å². The van der Waals surface area contributed by atoms with Gasteiger partial charge in [0.15, 0.2) is 5.78 Å². The van der Waals surface area contributed by atoms with E-state index in [0.717, 1.165) is 6.07 Å². The van der Waals surface area contributed by atoms with E-state index >= 15 is 0 Å². The molecule has 1 rings (SSSR count). The van der Waals surface area contributed by atoms with E-state index in [2.05, 4.69) is 15.9 Å². The van der Waals surface area contributed by atoms with Crippen LogP contribution in [0.5, 0.6) is 0 Å². The molecule has 0 aliphatic heterocycles. The molecule has 0 atom stereocenters. The maximum absolute atomic E-state index is 13.0. The van der Waals surface area contributed by atoms with Crippen LogP contribution in [0, 0.1) is 5.82 Å². The van der Waals surface area contributed by atoms with Crippen molar-refractivity contribution in [3.8, 4) is 0 Å². The van der Waals surface area contributed by atoms with Gasteiger partial charge in [0.1, 0.15) is 5.82 Å².